The first kappa shape index (κ1) is 17.9. The summed E-state index contributed by atoms with van der Waals surface area (Å²) < 4.78 is 12.4. The molecule has 22 heavy (non-hydrogen) atoms. The van der Waals surface area contributed by atoms with E-state index < -0.39 is 21.9 Å². The van der Waals surface area contributed by atoms with Crippen molar-refractivity contribution in [2.45, 2.75) is 58.9 Å². The van der Waals surface area contributed by atoms with Crippen molar-refractivity contribution >= 4 is 16.1 Å². The van der Waals surface area contributed by atoms with Gasteiger partial charge in [0.2, 0.25) is 5.79 Å². The van der Waals surface area contributed by atoms with Crippen LogP contribution in [0.5, 0.6) is 0 Å². The van der Waals surface area contributed by atoms with E-state index in [0.717, 1.165) is 13.2 Å². The third-order valence-corrected chi connectivity index (χ3v) is 8.34. The van der Waals surface area contributed by atoms with E-state index in [1.54, 1.807) is 0 Å². The molecule has 124 valence electrons. The van der Waals surface area contributed by atoms with Crippen LogP contribution in [0, 0.1) is 5.41 Å². The average molecular weight is 337 g/mol. The summed E-state index contributed by atoms with van der Waals surface area (Å²) in [6.45, 7) is 20.2. The lowest BCUT2D eigenvalue weighted by molar-refractivity contribution is -0.245. The summed E-state index contributed by atoms with van der Waals surface area (Å²) >= 11 is 0. The maximum Gasteiger partial charge on any atom is 0.208 e. The molecule has 0 N–H and O–H groups in total. The molecule has 2 nitrogen and oxygen atoms in total. The lowest BCUT2D eigenvalue weighted by Crippen LogP contribution is -2.45. The number of hydrogen-bond acceptors (Lipinski definition) is 2. The zero-order valence-corrected chi connectivity index (χ0v) is 17.5. The van der Waals surface area contributed by atoms with Crippen molar-refractivity contribution in [3.05, 3.63) is 34.7 Å². The molecular weight excluding hydrogens is 304 g/mol. The van der Waals surface area contributed by atoms with E-state index in [0.29, 0.717) is 0 Å². The smallest absolute Gasteiger partial charge is 0.208 e. The van der Waals surface area contributed by atoms with Crippen LogP contribution < -0.4 is 0 Å². The van der Waals surface area contributed by atoms with Crippen LogP contribution in [0.25, 0.3) is 0 Å². The first-order valence-corrected chi connectivity index (χ1v) is 15.3. The first-order chi connectivity index (χ1) is 9.83. The van der Waals surface area contributed by atoms with Crippen molar-refractivity contribution in [3.8, 4) is 0 Å². The van der Waals surface area contributed by atoms with Crippen molar-refractivity contribution < 1.29 is 9.47 Å². The zero-order chi connectivity index (χ0) is 16.8. The second-order valence-electron chi connectivity index (χ2n) is 9.50. The quantitative estimate of drug-likeness (QED) is 0.665. The molecule has 1 aliphatic carbocycles. The monoisotopic (exact) mass is 336 g/mol. The second kappa shape index (κ2) is 5.58. The lowest BCUT2D eigenvalue weighted by Gasteiger charge is -2.41. The molecule has 0 aromatic heterocycles. The van der Waals surface area contributed by atoms with Crippen LogP contribution in [0.1, 0.15) is 13.8 Å². The number of ether oxygens (including phenoxy) is 2. The van der Waals surface area contributed by atoms with Gasteiger partial charge >= 0.3 is 0 Å². The molecule has 1 aliphatic heterocycles. The van der Waals surface area contributed by atoms with E-state index in [1.807, 2.05) is 0 Å². The van der Waals surface area contributed by atoms with Crippen LogP contribution in [-0.2, 0) is 9.47 Å². The van der Waals surface area contributed by atoms with Crippen LogP contribution in [0.15, 0.2) is 34.7 Å². The van der Waals surface area contributed by atoms with Gasteiger partial charge in [-0.15, -0.1) is 0 Å². The van der Waals surface area contributed by atoms with Crippen LogP contribution >= 0.6 is 0 Å². The Labute approximate surface area is 138 Å². The van der Waals surface area contributed by atoms with Crippen LogP contribution in [-0.4, -0.2) is 35.1 Å². The van der Waals surface area contributed by atoms with Gasteiger partial charge in [-0.3, -0.25) is 0 Å². The molecule has 0 aromatic carbocycles. The molecule has 2 rings (SSSR count). The molecule has 1 fully saturated rings. The Hall–Kier alpha value is -0.426. The van der Waals surface area contributed by atoms with Gasteiger partial charge in [-0.25, -0.2) is 0 Å². The fourth-order valence-electron chi connectivity index (χ4n) is 2.51. The summed E-state index contributed by atoms with van der Waals surface area (Å²) in [5.41, 5.74) is 0.0909. The Morgan fingerprint density at radius 2 is 1.36 bits per heavy atom. The average Bonchev–Trinajstić information content (AvgIpc) is 2.53. The van der Waals surface area contributed by atoms with Crippen LogP contribution in [0.3, 0.4) is 0 Å². The highest BCUT2D eigenvalue weighted by Gasteiger charge is 2.39. The van der Waals surface area contributed by atoms with E-state index in [9.17, 15) is 0 Å². The van der Waals surface area contributed by atoms with Crippen molar-refractivity contribution in [2.24, 2.45) is 5.41 Å². The normalized spacial score (nSPS) is 24.7. The Morgan fingerprint density at radius 1 is 0.864 bits per heavy atom. The van der Waals surface area contributed by atoms with Crippen molar-refractivity contribution in [3.63, 3.8) is 0 Å². The fraction of sp³-hybridized carbons (Fsp3) is 0.667. The van der Waals surface area contributed by atoms with Crippen molar-refractivity contribution in [2.75, 3.05) is 13.2 Å². The maximum absolute atomic E-state index is 6.21. The minimum Gasteiger partial charge on any atom is -0.342 e. The van der Waals surface area contributed by atoms with E-state index in [1.165, 1.54) is 10.4 Å². The highest BCUT2D eigenvalue weighted by Crippen LogP contribution is 2.36. The number of hydrogen-bond donors (Lipinski definition) is 0. The summed E-state index contributed by atoms with van der Waals surface area (Å²) in [4.78, 5) is 0. The standard InChI is InChI=1S/C18H32O2Si2/c1-17(2)13-19-18(20-14-17)10-9-15(21(3,4)5)11-16(12-18)22(6,7)8/h9-12H,13-14H2,1-8H3. The summed E-state index contributed by atoms with van der Waals surface area (Å²) in [5.74, 6) is -0.664. The molecule has 0 saturated carbocycles. The third kappa shape index (κ3) is 4.10. The topological polar surface area (TPSA) is 18.5 Å². The molecule has 0 atom stereocenters. The van der Waals surface area contributed by atoms with E-state index in [4.69, 9.17) is 9.47 Å². The van der Waals surface area contributed by atoms with Crippen molar-refractivity contribution in [1.82, 2.24) is 0 Å². The molecular formula is C18H32O2Si2. The molecule has 1 saturated heterocycles. The highest BCUT2D eigenvalue weighted by molar-refractivity contribution is 6.86. The highest BCUT2D eigenvalue weighted by atomic mass is 28.3. The van der Waals surface area contributed by atoms with Crippen LogP contribution in [0.2, 0.25) is 39.3 Å². The number of allylic oxidation sites excluding steroid dienone is 4. The fourth-order valence-corrected chi connectivity index (χ4v) is 5.05. The first-order valence-electron chi connectivity index (χ1n) is 8.26. The largest absolute Gasteiger partial charge is 0.342 e. The zero-order valence-electron chi connectivity index (χ0n) is 15.5. The predicted octanol–water partition coefficient (Wildman–Crippen LogP) is 4.93. The molecule has 1 heterocycles. The second-order valence-corrected chi connectivity index (χ2v) is 19.7. The SMILES string of the molecule is CC1(C)COC2(C=CC([Si](C)(C)C)=CC([Si](C)(C)C)=C2)OC1. The minimum atomic E-state index is -1.45. The predicted molar refractivity (Wildman–Crippen MR) is 100 cm³/mol. The summed E-state index contributed by atoms with van der Waals surface area (Å²) in [7, 11) is -2.82. The molecule has 2 aliphatic rings. The summed E-state index contributed by atoms with van der Waals surface area (Å²) in [5, 5.41) is 2.92. The van der Waals surface area contributed by atoms with E-state index in [-0.39, 0.29) is 5.41 Å². The Kier molecular flexibility index (Phi) is 4.55. The molecule has 4 heteroatoms. The Bertz CT molecular complexity index is 518. The molecule has 1 spiro atoms. The Morgan fingerprint density at radius 3 is 1.82 bits per heavy atom. The van der Waals surface area contributed by atoms with E-state index >= 15 is 0 Å². The summed E-state index contributed by atoms with van der Waals surface area (Å²) in [6, 6.07) is 0. The third-order valence-electron chi connectivity index (χ3n) is 4.27. The van der Waals surface area contributed by atoms with E-state index in [2.05, 4.69) is 77.4 Å². The van der Waals surface area contributed by atoms with Gasteiger partial charge in [0.1, 0.15) is 0 Å². The van der Waals surface area contributed by atoms with Gasteiger partial charge in [-0.05, 0) is 12.2 Å². The molecule has 0 radical (unpaired) electrons. The molecule has 0 aromatic rings. The van der Waals surface area contributed by atoms with Crippen LogP contribution in [0.4, 0.5) is 0 Å². The van der Waals surface area contributed by atoms with Gasteiger partial charge < -0.3 is 9.47 Å². The Balaban J connectivity index is 2.44. The summed E-state index contributed by atoms with van der Waals surface area (Å²) in [6.07, 6.45) is 9.07. The minimum absolute atomic E-state index is 0.0909. The molecule has 0 bridgehead atoms. The lowest BCUT2D eigenvalue weighted by atomic mass is 9.94. The van der Waals surface area contributed by atoms with Gasteiger partial charge in [0.05, 0.1) is 29.4 Å². The van der Waals surface area contributed by atoms with Gasteiger partial charge in [-0.2, -0.15) is 0 Å². The van der Waals surface area contributed by atoms with Gasteiger partial charge in [0.25, 0.3) is 0 Å². The van der Waals surface area contributed by atoms with Gasteiger partial charge in [-0.1, -0.05) is 75.7 Å². The molecule has 0 amide bonds. The van der Waals surface area contributed by atoms with Crippen molar-refractivity contribution in [1.29, 1.82) is 0 Å². The number of rotatable bonds is 2. The van der Waals surface area contributed by atoms with Gasteiger partial charge in [0.15, 0.2) is 0 Å². The maximum atomic E-state index is 6.21. The van der Waals surface area contributed by atoms with Gasteiger partial charge in [0, 0.05) is 5.41 Å². The molecule has 0 unspecified atom stereocenters.